The van der Waals surface area contributed by atoms with Crippen LogP contribution in [0.1, 0.15) is 32.6 Å². The molecule has 2 amide bonds. The second-order valence-electron chi connectivity index (χ2n) is 5.49. The van der Waals surface area contributed by atoms with E-state index in [1.807, 2.05) is 6.92 Å². The smallest absolute Gasteiger partial charge is 0.317 e. The van der Waals surface area contributed by atoms with Crippen LogP contribution in [-0.4, -0.2) is 42.1 Å². The van der Waals surface area contributed by atoms with Gasteiger partial charge in [0.1, 0.15) is 0 Å². The van der Waals surface area contributed by atoms with E-state index in [0.29, 0.717) is 13.1 Å². The first-order chi connectivity index (χ1) is 8.91. The Hall–Kier alpha value is -1.52. The summed E-state index contributed by atoms with van der Waals surface area (Å²) in [4.78, 5) is 24.5. The van der Waals surface area contributed by atoms with Gasteiger partial charge in [0, 0.05) is 20.1 Å². The van der Waals surface area contributed by atoms with Crippen LogP contribution in [0.3, 0.4) is 0 Å². The molecule has 0 heterocycles. The average molecular weight is 268 g/mol. The standard InChI is InChI=1S/C14H24N2O3/c1-10(2)9-16(3)14(19)15-8-11-6-4-5-7-12(11)13(17)18/h11-12H,1,4-9H2,2-3H3,(H,15,19)(H,17,18). The van der Waals surface area contributed by atoms with Crippen LogP contribution in [0.25, 0.3) is 0 Å². The van der Waals surface area contributed by atoms with Gasteiger partial charge in [0.15, 0.2) is 0 Å². The number of carbonyl (C=O) groups is 2. The fourth-order valence-electron chi connectivity index (χ4n) is 2.61. The van der Waals surface area contributed by atoms with Gasteiger partial charge in [0.25, 0.3) is 0 Å². The summed E-state index contributed by atoms with van der Waals surface area (Å²) >= 11 is 0. The summed E-state index contributed by atoms with van der Waals surface area (Å²) in [5, 5.41) is 12.0. The van der Waals surface area contributed by atoms with Crippen LogP contribution in [0.2, 0.25) is 0 Å². The molecule has 0 saturated heterocycles. The molecule has 0 aromatic heterocycles. The Bertz CT molecular complexity index is 355. The van der Waals surface area contributed by atoms with Crippen molar-refractivity contribution < 1.29 is 14.7 Å². The van der Waals surface area contributed by atoms with Gasteiger partial charge in [0.2, 0.25) is 0 Å². The van der Waals surface area contributed by atoms with Gasteiger partial charge in [-0.3, -0.25) is 4.79 Å². The summed E-state index contributed by atoms with van der Waals surface area (Å²) in [6.45, 7) is 6.58. The molecule has 5 nitrogen and oxygen atoms in total. The predicted octanol–water partition coefficient (Wildman–Crippen LogP) is 2.09. The van der Waals surface area contributed by atoms with E-state index in [2.05, 4.69) is 11.9 Å². The van der Waals surface area contributed by atoms with E-state index in [1.54, 1.807) is 11.9 Å². The minimum absolute atomic E-state index is 0.0495. The number of urea groups is 1. The van der Waals surface area contributed by atoms with Gasteiger partial charge in [-0.15, -0.1) is 0 Å². The van der Waals surface area contributed by atoms with Crippen molar-refractivity contribution in [3.63, 3.8) is 0 Å². The summed E-state index contributed by atoms with van der Waals surface area (Å²) in [5.41, 5.74) is 0.915. The van der Waals surface area contributed by atoms with Gasteiger partial charge in [-0.2, -0.15) is 0 Å². The molecule has 1 fully saturated rings. The van der Waals surface area contributed by atoms with Crippen molar-refractivity contribution >= 4 is 12.0 Å². The van der Waals surface area contributed by atoms with Gasteiger partial charge in [-0.1, -0.05) is 25.0 Å². The lowest BCUT2D eigenvalue weighted by Gasteiger charge is -2.29. The lowest BCUT2D eigenvalue weighted by atomic mass is 9.79. The minimum atomic E-state index is -0.741. The van der Waals surface area contributed by atoms with Crippen LogP contribution in [0, 0.1) is 11.8 Å². The van der Waals surface area contributed by atoms with Crippen LogP contribution in [-0.2, 0) is 4.79 Å². The highest BCUT2D eigenvalue weighted by Crippen LogP contribution is 2.29. The Balaban J connectivity index is 2.43. The molecule has 19 heavy (non-hydrogen) atoms. The Morgan fingerprint density at radius 2 is 2.00 bits per heavy atom. The number of nitrogens with zero attached hydrogens (tertiary/aromatic N) is 1. The molecule has 2 N–H and O–H groups in total. The van der Waals surface area contributed by atoms with E-state index >= 15 is 0 Å². The van der Waals surface area contributed by atoms with Gasteiger partial charge < -0.3 is 15.3 Å². The molecule has 0 radical (unpaired) electrons. The molecule has 5 heteroatoms. The van der Waals surface area contributed by atoms with Crippen LogP contribution in [0.15, 0.2) is 12.2 Å². The quantitative estimate of drug-likeness (QED) is 0.750. The van der Waals surface area contributed by atoms with Crippen molar-refractivity contribution in [1.29, 1.82) is 0 Å². The van der Waals surface area contributed by atoms with Crippen LogP contribution >= 0.6 is 0 Å². The Labute approximate surface area is 114 Å². The molecule has 0 bridgehead atoms. The Morgan fingerprint density at radius 1 is 1.37 bits per heavy atom. The molecule has 1 saturated carbocycles. The number of carbonyl (C=O) groups excluding carboxylic acids is 1. The highest BCUT2D eigenvalue weighted by atomic mass is 16.4. The first-order valence-corrected chi connectivity index (χ1v) is 6.78. The fourth-order valence-corrected chi connectivity index (χ4v) is 2.61. The zero-order valence-corrected chi connectivity index (χ0v) is 11.8. The molecule has 0 aromatic carbocycles. The van der Waals surface area contributed by atoms with Gasteiger partial charge >= 0.3 is 12.0 Å². The summed E-state index contributed by atoms with van der Waals surface area (Å²) in [5.74, 6) is -1.01. The van der Waals surface area contributed by atoms with Crippen LogP contribution < -0.4 is 5.32 Å². The zero-order chi connectivity index (χ0) is 14.4. The van der Waals surface area contributed by atoms with Gasteiger partial charge in [-0.05, 0) is 25.7 Å². The van der Waals surface area contributed by atoms with Crippen molar-refractivity contribution in [2.24, 2.45) is 11.8 Å². The first-order valence-electron chi connectivity index (χ1n) is 6.78. The molecule has 1 aliphatic carbocycles. The van der Waals surface area contributed by atoms with Crippen LogP contribution in [0.5, 0.6) is 0 Å². The molecule has 2 atom stereocenters. The number of rotatable bonds is 5. The molecule has 108 valence electrons. The summed E-state index contributed by atoms with van der Waals surface area (Å²) in [6, 6.07) is -0.169. The number of hydrogen-bond donors (Lipinski definition) is 2. The third kappa shape index (κ3) is 4.93. The predicted molar refractivity (Wildman–Crippen MR) is 73.9 cm³/mol. The third-order valence-electron chi connectivity index (χ3n) is 3.60. The highest BCUT2D eigenvalue weighted by molar-refractivity contribution is 5.74. The van der Waals surface area contributed by atoms with E-state index in [9.17, 15) is 9.59 Å². The lowest BCUT2D eigenvalue weighted by Crippen LogP contribution is -2.43. The molecule has 0 aliphatic heterocycles. The van der Waals surface area contributed by atoms with E-state index < -0.39 is 5.97 Å². The normalized spacial score (nSPS) is 22.6. The third-order valence-corrected chi connectivity index (χ3v) is 3.60. The highest BCUT2D eigenvalue weighted by Gasteiger charge is 2.30. The van der Waals surface area contributed by atoms with Crippen molar-refractivity contribution in [1.82, 2.24) is 10.2 Å². The largest absolute Gasteiger partial charge is 0.481 e. The number of likely N-dealkylation sites (N-methyl/N-ethyl adjacent to an activating group) is 1. The summed E-state index contributed by atoms with van der Waals surface area (Å²) in [7, 11) is 1.71. The van der Waals surface area contributed by atoms with Crippen molar-refractivity contribution in [2.45, 2.75) is 32.6 Å². The second kappa shape index (κ2) is 7.16. The number of carboxylic acid groups (broad SMARTS) is 1. The van der Waals surface area contributed by atoms with E-state index in [0.717, 1.165) is 31.3 Å². The van der Waals surface area contributed by atoms with E-state index in [1.165, 1.54) is 0 Å². The summed E-state index contributed by atoms with van der Waals surface area (Å²) in [6.07, 6.45) is 3.61. The maximum absolute atomic E-state index is 11.8. The maximum Gasteiger partial charge on any atom is 0.317 e. The molecule has 1 rings (SSSR count). The van der Waals surface area contributed by atoms with E-state index in [4.69, 9.17) is 5.11 Å². The number of aliphatic carboxylic acids is 1. The molecule has 0 spiro atoms. The monoisotopic (exact) mass is 268 g/mol. The number of carboxylic acids is 1. The van der Waals surface area contributed by atoms with Crippen molar-refractivity contribution in [3.05, 3.63) is 12.2 Å². The molecule has 0 aromatic rings. The topological polar surface area (TPSA) is 69.6 Å². The maximum atomic E-state index is 11.8. The zero-order valence-electron chi connectivity index (χ0n) is 11.8. The molecular weight excluding hydrogens is 244 g/mol. The number of amides is 2. The lowest BCUT2D eigenvalue weighted by molar-refractivity contribution is -0.144. The summed E-state index contributed by atoms with van der Waals surface area (Å²) < 4.78 is 0. The van der Waals surface area contributed by atoms with E-state index in [-0.39, 0.29) is 17.9 Å². The Kier molecular flexibility index (Phi) is 5.86. The Morgan fingerprint density at radius 3 is 2.58 bits per heavy atom. The van der Waals surface area contributed by atoms with Crippen molar-refractivity contribution in [3.8, 4) is 0 Å². The van der Waals surface area contributed by atoms with Crippen LogP contribution in [0.4, 0.5) is 4.79 Å². The van der Waals surface area contributed by atoms with Crippen molar-refractivity contribution in [2.75, 3.05) is 20.1 Å². The minimum Gasteiger partial charge on any atom is -0.481 e. The second-order valence-corrected chi connectivity index (χ2v) is 5.49. The average Bonchev–Trinajstić information content (AvgIpc) is 2.35. The molecule has 2 unspecified atom stereocenters. The molecular formula is C14H24N2O3. The molecule has 1 aliphatic rings. The van der Waals surface area contributed by atoms with Gasteiger partial charge in [-0.25, -0.2) is 4.79 Å². The SMILES string of the molecule is C=C(C)CN(C)C(=O)NCC1CCCCC1C(=O)O. The number of nitrogens with one attached hydrogen (secondary N) is 1. The number of hydrogen-bond acceptors (Lipinski definition) is 2. The van der Waals surface area contributed by atoms with Gasteiger partial charge in [0.05, 0.1) is 5.92 Å². The fraction of sp³-hybridized carbons (Fsp3) is 0.714. The first kappa shape index (κ1) is 15.5.